The van der Waals surface area contributed by atoms with Gasteiger partial charge in [-0.2, -0.15) is 4.31 Å². The first-order valence-electron chi connectivity index (χ1n) is 7.38. The highest BCUT2D eigenvalue weighted by atomic mass is 32.2. The minimum absolute atomic E-state index is 0.00229. The van der Waals surface area contributed by atoms with Gasteiger partial charge in [-0.25, -0.2) is 8.42 Å². The van der Waals surface area contributed by atoms with E-state index in [4.69, 9.17) is 0 Å². The third kappa shape index (κ3) is 2.46. The third-order valence-electron chi connectivity index (χ3n) is 4.20. The summed E-state index contributed by atoms with van der Waals surface area (Å²) in [7, 11) is -3.42. The number of benzene rings is 1. The van der Waals surface area contributed by atoms with E-state index in [1.54, 1.807) is 27.4 Å². The van der Waals surface area contributed by atoms with Gasteiger partial charge in [-0.3, -0.25) is 4.79 Å². The SMILES string of the molecule is CCN(C1CC1)S(=O)(=O)c1ccc2c(c1)CCN2C(C)=O. The second-order valence-corrected chi connectivity index (χ2v) is 7.54. The van der Waals surface area contributed by atoms with Gasteiger partial charge in [0, 0.05) is 31.7 Å². The number of hydrogen-bond acceptors (Lipinski definition) is 3. The molecule has 1 heterocycles. The first-order chi connectivity index (χ1) is 9.95. The topological polar surface area (TPSA) is 57.7 Å². The van der Waals surface area contributed by atoms with Crippen molar-refractivity contribution in [2.45, 2.75) is 44.0 Å². The molecule has 0 radical (unpaired) electrons. The van der Waals surface area contributed by atoms with Crippen molar-refractivity contribution >= 4 is 21.6 Å². The fourth-order valence-corrected chi connectivity index (χ4v) is 4.73. The molecule has 1 saturated carbocycles. The smallest absolute Gasteiger partial charge is 0.243 e. The summed E-state index contributed by atoms with van der Waals surface area (Å²) >= 11 is 0. The lowest BCUT2D eigenvalue weighted by Gasteiger charge is -2.21. The van der Waals surface area contributed by atoms with Crippen molar-refractivity contribution in [3.8, 4) is 0 Å². The molecule has 0 atom stereocenters. The lowest BCUT2D eigenvalue weighted by molar-refractivity contribution is -0.116. The molecule has 0 saturated heterocycles. The Morgan fingerprint density at radius 3 is 2.67 bits per heavy atom. The summed E-state index contributed by atoms with van der Waals surface area (Å²) in [4.78, 5) is 13.6. The van der Waals surface area contributed by atoms with E-state index in [0.29, 0.717) is 24.4 Å². The minimum atomic E-state index is -3.42. The summed E-state index contributed by atoms with van der Waals surface area (Å²) in [6.07, 6.45) is 2.63. The lowest BCUT2D eigenvalue weighted by atomic mass is 10.2. The van der Waals surface area contributed by atoms with Crippen molar-refractivity contribution < 1.29 is 13.2 Å². The average molecular weight is 308 g/mol. The van der Waals surface area contributed by atoms with Crippen LogP contribution in [0.15, 0.2) is 23.1 Å². The van der Waals surface area contributed by atoms with Crippen molar-refractivity contribution in [2.24, 2.45) is 0 Å². The van der Waals surface area contributed by atoms with Crippen molar-refractivity contribution in [3.63, 3.8) is 0 Å². The predicted octanol–water partition coefficient (Wildman–Crippen LogP) is 1.77. The van der Waals surface area contributed by atoms with Crippen molar-refractivity contribution in [3.05, 3.63) is 23.8 Å². The van der Waals surface area contributed by atoms with E-state index >= 15 is 0 Å². The average Bonchev–Trinajstić information content (AvgIpc) is 3.16. The minimum Gasteiger partial charge on any atom is -0.312 e. The number of sulfonamides is 1. The van der Waals surface area contributed by atoms with E-state index in [1.165, 1.54) is 6.92 Å². The molecular weight excluding hydrogens is 288 g/mol. The largest absolute Gasteiger partial charge is 0.312 e. The van der Waals surface area contributed by atoms with E-state index in [0.717, 1.165) is 24.1 Å². The molecular formula is C15H20N2O3S. The molecule has 1 amide bonds. The number of nitrogens with zero attached hydrogens (tertiary/aromatic N) is 2. The Bertz CT molecular complexity index is 680. The quantitative estimate of drug-likeness (QED) is 0.852. The number of anilines is 1. The van der Waals surface area contributed by atoms with Crippen LogP contribution in [0.25, 0.3) is 0 Å². The van der Waals surface area contributed by atoms with Crippen LogP contribution in [0, 0.1) is 0 Å². The van der Waals surface area contributed by atoms with E-state index in [-0.39, 0.29) is 11.9 Å². The van der Waals surface area contributed by atoms with Gasteiger partial charge >= 0.3 is 0 Å². The number of rotatable bonds is 4. The van der Waals surface area contributed by atoms with Gasteiger partial charge in [0.15, 0.2) is 0 Å². The molecule has 2 aliphatic rings. The standard InChI is InChI=1S/C15H20N2O3S/c1-3-17(13-4-5-13)21(19,20)14-6-7-15-12(10-14)8-9-16(15)11(2)18/h6-7,10,13H,3-5,8-9H2,1-2H3. The van der Waals surface area contributed by atoms with Crippen LogP contribution in [0.4, 0.5) is 5.69 Å². The fraction of sp³-hybridized carbons (Fsp3) is 0.533. The molecule has 0 unspecified atom stereocenters. The summed E-state index contributed by atoms with van der Waals surface area (Å²) in [6, 6.07) is 5.29. The maximum atomic E-state index is 12.7. The molecule has 0 aromatic heterocycles. The van der Waals surface area contributed by atoms with Gasteiger partial charge < -0.3 is 4.90 Å². The zero-order valence-electron chi connectivity index (χ0n) is 12.4. The molecule has 1 fully saturated rings. The van der Waals surface area contributed by atoms with Crippen molar-refractivity contribution in [1.82, 2.24) is 4.31 Å². The highest BCUT2D eigenvalue weighted by molar-refractivity contribution is 7.89. The van der Waals surface area contributed by atoms with Gasteiger partial charge in [0.2, 0.25) is 15.9 Å². The number of hydrogen-bond donors (Lipinski definition) is 0. The Morgan fingerprint density at radius 2 is 2.10 bits per heavy atom. The van der Waals surface area contributed by atoms with Gasteiger partial charge in [0.25, 0.3) is 0 Å². The number of carbonyl (C=O) groups excluding carboxylic acids is 1. The molecule has 1 aliphatic carbocycles. The maximum absolute atomic E-state index is 12.7. The Morgan fingerprint density at radius 1 is 1.38 bits per heavy atom. The van der Waals surface area contributed by atoms with Crippen LogP contribution in [0.1, 0.15) is 32.3 Å². The first kappa shape index (κ1) is 14.5. The van der Waals surface area contributed by atoms with Gasteiger partial charge in [-0.15, -0.1) is 0 Å². The van der Waals surface area contributed by atoms with Crippen LogP contribution >= 0.6 is 0 Å². The van der Waals surface area contributed by atoms with Gasteiger partial charge in [-0.05, 0) is 43.0 Å². The van der Waals surface area contributed by atoms with E-state index < -0.39 is 10.0 Å². The summed E-state index contributed by atoms with van der Waals surface area (Å²) in [5, 5.41) is 0. The Labute approximate surface area is 125 Å². The van der Waals surface area contributed by atoms with E-state index in [9.17, 15) is 13.2 Å². The Balaban J connectivity index is 1.96. The maximum Gasteiger partial charge on any atom is 0.243 e. The third-order valence-corrected chi connectivity index (χ3v) is 6.22. The molecule has 0 bridgehead atoms. The number of carbonyl (C=O) groups is 1. The first-order valence-corrected chi connectivity index (χ1v) is 8.82. The molecule has 1 aliphatic heterocycles. The van der Waals surface area contributed by atoms with Gasteiger partial charge in [0.1, 0.15) is 0 Å². The van der Waals surface area contributed by atoms with E-state index in [1.807, 2.05) is 6.92 Å². The van der Waals surface area contributed by atoms with Gasteiger partial charge in [-0.1, -0.05) is 6.92 Å². The normalized spacial score (nSPS) is 18.1. The highest BCUT2D eigenvalue weighted by Gasteiger charge is 2.37. The molecule has 5 nitrogen and oxygen atoms in total. The summed E-state index contributed by atoms with van der Waals surface area (Å²) < 4.78 is 27.0. The fourth-order valence-electron chi connectivity index (χ4n) is 2.99. The Kier molecular flexibility index (Phi) is 3.53. The number of amides is 1. The molecule has 1 aromatic rings. The summed E-state index contributed by atoms with van der Waals surface area (Å²) in [5.41, 5.74) is 1.79. The summed E-state index contributed by atoms with van der Waals surface area (Å²) in [5.74, 6) is -0.00229. The van der Waals surface area contributed by atoms with Crippen LogP contribution in [0.3, 0.4) is 0 Å². The zero-order chi connectivity index (χ0) is 15.2. The second-order valence-electron chi connectivity index (χ2n) is 5.65. The van der Waals surface area contributed by atoms with Crippen molar-refractivity contribution in [1.29, 1.82) is 0 Å². The second kappa shape index (κ2) is 5.10. The molecule has 6 heteroatoms. The molecule has 0 N–H and O–H groups in total. The predicted molar refractivity (Wildman–Crippen MR) is 80.8 cm³/mol. The molecule has 114 valence electrons. The summed E-state index contributed by atoms with van der Waals surface area (Å²) in [6.45, 7) is 4.55. The zero-order valence-corrected chi connectivity index (χ0v) is 13.2. The van der Waals surface area contributed by atoms with E-state index in [2.05, 4.69) is 0 Å². The van der Waals surface area contributed by atoms with Crippen molar-refractivity contribution in [2.75, 3.05) is 18.0 Å². The van der Waals surface area contributed by atoms with Crippen LogP contribution in [-0.4, -0.2) is 37.8 Å². The Hall–Kier alpha value is -1.40. The van der Waals surface area contributed by atoms with Crippen LogP contribution in [0.5, 0.6) is 0 Å². The van der Waals surface area contributed by atoms with Gasteiger partial charge in [0.05, 0.1) is 4.90 Å². The monoisotopic (exact) mass is 308 g/mol. The van der Waals surface area contributed by atoms with Crippen LogP contribution in [-0.2, 0) is 21.2 Å². The highest BCUT2D eigenvalue weighted by Crippen LogP contribution is 2.34. The number of fused-ring (bicyclic) bond motifs is 1. The molecule has 3 rings (SSSR count). The molecule has 1 aromatic carbocycles. The molecule has 0 spiro atoms. The van der Waals surface area contributed by atoms with Crippen LogP contribution in [0.2, 0.25) is 0 Å². The van der Waals surface area contributed by atoms with Crippen LogP contribution < -0.4 is 4.90 Å². The molecule has 21 heavy (non-hydrogen) atoms. The lowest BCUT2D eigenvalue weighted by Crippen LogP contribution is -2.33.